The maximum absolute atomic E-state index is 13.5. The van der Waals surface area contributed by atoms with Crippen molar-refractivity contribution in [2.45, 2.75) is 197 Å². The molecule has 18 rings (SSSR count). The molecule has 4 aliphatic carbocycles. The summed E-state index contributed by atoms with van der Waals surface area (Å²) in [4.78, 5) is 113. The van der Waals surface area contributed by atoms with Crippen LogP contribution in [0, 0.1) is 0 Å². The summed E-state index contributed by atoms with van der Waals surface area (Å²) in [6.45, 7) is 12.3. The molecule has 0 unspecified atom stereocenters. The molecule has 0 aliphatic heterocycles. The van der Waals surface area contributed by atoms with Gasteiger partial charge in [-0.1, -0.05) is 363 Å². The molecular weight excluding hydrogens is 1830 g/mol. The van der Waals surface area contributed by atoms with Gasteiger partial charge in [0.05, 0.1) is 38.8 Å². The number of aromatic nitrogens is 8. The maximum Gasteiger partial charge on any atom is 0.244 e. The van der Waals surface area contributed by atoms with Gasteiger partial charge in [-0.3, -0.25) is 38.4 Å². The predicted molar refractivity (Wildman–Crippen MR) is 504 cm³/mol. The van der Waals surface area contributed by atoms with E-state index in [0.717, 1.165) is 82.8 Å². The highest BCUT2D eigenvalue weighted by atomic mass is 79.9. The van der Waals surface area contributed by atoms with Crippen molar-refractivity contribution >= 4 is 110 Å². The Morgan fingerprint density at radius 2 is 0.643 bits per heavy atom. The Bertz CT molecular complexity index is 5870. The van der Waals surface area contributed by atoms with E-state index in [-0.39, 0.29) is 101 Å². The van der Waals surface area contributed by atoms with Crippen molar-refractivity contribution in [1.29, 1.82) is 0 Å². The fraction of sp³-hybridized carbons (Fsp3) is 0.302. The third-order valence-electron chi connectivity index (χ3n) is 22.9. The summed E-state index contributed by atoms with van der Waals surface area (Å²) in [5.41, 5.74) is 11.2. The lowest BCUT2D eigenvalue weighted by Gasteiger charge is -2.15. The van der Waals surface area contributed by atoms with Gasteiger partial charge in [-0.2, -0.15) is 0 Å². The number of ketones is 8. The zero-order valence-electron chi connectivity index (χ0n) is 71.0. The number of rotatable bonds is 27. The zero-order valence-corrected chi connectivity index (χ0v) is 77.3. The fourth-order valence-electron chi connectivity index (χ4n) is 16.3. The van der Waals surface area contributed by atoms with E-state index in [0.29, 0.717) is 97.5 Å². The molecule has 0 spiro atoms. The number of H-pyrrole nitrogens is 1. The Balaban J connectivity index is 0.000000180. The molecule has 654 valence electrons. The molecule has 0 radical (unpaired) electrons. The molecule has 0 saturated carbocycles. The van der Waals surface area contributed by atoms with Crippen LogP contribution in [0.3, 0.4) is 0 Å². The first-order chi connectivity index (χ1) is 59.7. The van der Waals surface area contributed by atoms with Gasteiger partial charge in [-0.15, -0.1) is 0 Å². The average Bonchev–Trinajstić information content (AvgIpc) is 1.58. The van der Waals surface area contributed by atoms with E-state index >= 15 is 0 Å². The van der Waals surface area contributed by atoms with Gasteiger partial charge in [0.2, 0.25) is 81.7 Å². The van der Waals surface area contributed by atoms with Crippen molar-refractivity contribution in [3.8, 4) is 0 Å². The number of unbranched alkanes of at least 4 members (excludes halogenated alkanes) is 12. The molecule has 0 bridgehead atoms. The Morgan fingerprint density at radius 3 is 1.03 bits per heavy atom. The van der Waals surface area contributed by atoms with E-state index in [1.807, 2.05) is 71.9 Å². The third kappa shape index (κ3) is 23.3. The number of halogens is 4. The van der Waals surface area contributed by atoms with E-state index in [1.165, 1.54) is 125 Å². The number of hydrogen-bond donors (Lipinski definition) is 1. The lowest BCUT2D eigenvalue weighted by molar-refractivity contribution is -0.698. The molecule has 0 saturated heterocycles. The molecule has 20 heteroatoms. The molecule has 14 aromatic rings. The summed E-state index contributed by atoms with van der Waals surface area (Å²) in [6.07, 6.45) is 28.6. The SMILES string of the molecule is BrCCc1ccc2ccccc2c1.C.C.CCCCCCBr.CCCCCC[n+]1cn(CCc2ccc3ccccc3c2)c2c1C(=O)c1ccccc1C2=O.CCCCCC[n+]1cn(CCc2ccc3ccccc3c2)c2c1C(=O)c1ccccc1C2=O.CCCCCCn1cnc2c1C(=O)c1ccccc1C2=O.O=C1c2ccccc2C(=O)c2[nH]cnc21.[Br-].[Br-]. The summed E-state index contributed by atoms with van der Waals surface area (Å²) in [5, 5.41) is 9.75. The molecule has 16 nitrogen and oxygen atoms in total. The molecule has 0 amide bonds. The van der Waals surface area contributed by atoms with Crippen LogP contribution >= 0.6 is 31.9 Å². The first kappa shape index (κ1) is 98.9. The van der Waals surface area contributed by atoms with Gasteiger partial charge in [0.15, 0.2) is 0 Å². The molecule has 0 fully saturated rings. The van der Waals surface area contributed by atoms with Crippen molar-refractivity contribution in [3.63, 3.8) is 0 Å². The van der Waals surface area contributed by atoms with Crippen LogP contribution in [0.4, 0.5) is 0 Å². The number of fused-ring (bicyclic) bond motifs is 11. The van der Waals surface area contributed by atoms with Gasteiger partial charge in [0.1, 0.15) is 22.8 Å². The second-order valence-electron chi connectivity index (χ2n) is 31.4. The first-order valence-corrected chi connectivity index (χ1v) is 45.5. The lowest BCUT2D eigenvalue weighted by atomic mass is 9.90. The number of aromatic amines is 1. The van der Waals surface area contributed by atoms with E-state index in [1.54, 1.807) is 79.1 Å². The molecule has 126 heavy (non-hydrogen) atoms. The van der Waals surface area contributed by atoms with Crippen LogP contribution in [0.5, 0.6) is 0 Å². The standard InChI is InChI=1S/2C29H29N2O2.C17H18N2O2.C12H11Br.C11H6N2O2.C6H13Br.2CH4.2BrH/c2*1-2-3-4-9-17-30-20-31(18-16-21-14-15-22-10-5-6-11-23(22)19-21)27-26(30)28(32)24-12-7-8-13-25(24)29(27)33;1-2-3-4-7-10-19-11-18-14-15(19)17(21)13-9-6-5-8-12(13)16(14)20;13-8-7-10-5-6-11-3-1-2-4-12(11)9-10;14-10-6-3-1-2-4-7(6)11(15)9-8(10)12-5-13-9;1-2-3-4-5-6-7;;;;/h2*5-8,10-15,19-20H,2-4,9,16-18H2,1H3;5-6,8-9,11H,2-4,7,10H2,1H3;1-6,9H,7-8H2;1-5H,(H,12,13);2-6H2,1H3;2*1H4;2*1H/q2*+1;;;;;;;;/p-2. The molecule has 1 N–H and O–H groups in total. The first-order valence-electron chi connectivity index (χ1n) is 43.3. The van der Waals surface area contributed by atoms with Crippen LogP contribution in [0.2, 0.25) is 0 Å². The number of nitrogens with zero attached hydrogens (tertiary/aromatic N) is 7. The monoisotopic (exact) mass is 1940 g/mol. The van der Waals surface area contributed by atoms with Gasteiger partial charge < -0.3 is 43.5 Å². The van der Waals surface area contributed by atoms with Crippen molar-refractivity contribution in [2.75, 3.05) is 10.7 Å². The average molecular weight is 1950 g/mol. The fourth-order valence-corrected chi connectivity index (χ4v) is 17.2. The van der Waals surface area contributed by atoms with E-state index in [4.69, 9.17) is 0 Å². The van der Waals surface area contributed by atoms with Crippen LogP contribution in [0.25, 0.3) is 32.3 Å². The van der Waals surface area contributed by atoms with Crippen molar-refractivity contribution in [2.24, 2.45) is 0 Å². The quantitative estimate of drug-likeness (QED) is 0.0293. The van der Waals surface area contributed by atoms with Gasteiger partial charge in [0.25, 0.3) is 0 Å². The number of carbonyl (C=O) groups excluding carboxylic acids is 8. The summed E-state index contributed by atoms with van der Waals surface area (Å²) in [6, 6.07) is 73.0. The summed E-state index contributed by atoms with van der Waals surface area (Å²) >= 11 is 6.83. The summed E-state index contributed by atoms with van der Waals surface area (Å²) < 4.78 is 9.87. The van der Waals surface area contributed by atoms with Crippen LogP contribution in [0.15, 0.2) is 250 Å². The molecule has 4 aromatic heterocycles. The van der Waals surface area contributed by atoms with E-state index < -0.39 is 0 Å². The minimum Gasteiger partial charge on any atom is -1.00 e. The molecule has 10 aromatic carbocycles. The van der Waals surface area contributed by atoms with E-state index in [2.05, 4.69) is 190 Å². The number of nitrogens with one attached hydrogen (secondary N) is 1. The molecular formula is C106H114Br4N8O8. The van der Waals surface area contributed by atoms with Crippen LogP contribution in [0.1, 0.15) is 290 Å². The Kier molecular flexibility index (Phi) is 38.2. The van der Waals surface area contributed by atoms with Crippen LogP contribution in [-0.2, 0) is 52.0 Å². The Labute approximate surface area is 778 Å². The Morgan fingerprint density at radius 1 is 0.310 bits per heavy atom. The molecule has 4 heterocycles. The summed E-state index contributed by atoms with van der Waals surface area (Å²) in [5.74, 6) is -0.780. The van der Waals surface area contributed by atoms with E-state index in [9.17, 15) is 38.4 Å². The summed E-state index contributed by atoms with van der Waals surface area (Å²) in [7, 11) is 0. The largest absolute Gasteiger partial charge is 1.00 e. The van der Waals surface area contributed by atoms with Crippen molar-refractivity contribution in [3.05, 3.63) is 357 Å². The Hall–Kier alpha value is -10.9. The minimum absolute atomic E-state index is 0. The second-order valence-corrected chi connectivity index (χ2v) is 33.0. The van der Waals surface area contributed by atoms with Crippen molar-refractivity contribution in [1.82, 2.24) is 28.7 Å². The normalized spacial score (nSPS) is 12.1. The number of imidazole rings is 4. The molecule has 4 aliphatic rings. The smallest absolute Gasteiger partial charge is 0.244 e. The highest BCUT2D eigenvalue weighted by Crippen LogP contribution is 2.32. The number of alkyl halides is 2. The second kappa shape index (κ2) is 48.7. The maximum atomic E-state index is 13.5. The lowest BCUT2D eigenvalue weighted by Crippen LogP contribution is -3.00. The molecule has 0 atom stereocenters. The number of benzene rings is 10. The van der Waals surface area contributed by atoms with Crippen LogP contribution in [-0.4, -0.2) is 85.6 Å². The topological polar surface area (TPSA) is 201 Å². The number of aryl methyl sites for hydroxylation is 8. The highest BCUT2D eigenvalue weighted by molar-refractivity contribution is 9.09. The van der Waals surface area contributed by atoms with Crippen LogP contribution < -0.4 is 43.1 Å². The number of carbonyl (C=O) groups is 8. The minimum atomic E-state index is -0.193. The van der Waals surface area contributed by atoms with Gasteiger partial charge in [-0.25, -0.2) is 28.2 Å². The van der Waals surface area contributed by atoms with Crippen molar-refractivity contribution < 1.29 is 81.5 Å². The van der Waals surface area contributed by atoms with Gasteiger partial charge >= 0.3 is 0 Å². The number of hydrogen-bond acceptors (Lipinski definition) is 10. The van der Waals surface area contributed by atoms with Gasteiger partial charge in [-0.05, 0) is 94.0 Å². The van der Waals surface area contributed by atoms with Gasteiger partial charge in [0, 0.05) is 74.6 Å². The highest BCUT2D eigenvalue weighted by Gasteiger charge is 2.43. The zero-order chi connectivity index (χ0) is 85.4. The third-order valence-corrected chi connectivity index (χ3v) is 23.8. The predicted octanol–water partition coefficient (Wildman–Crippen LogP) is 17.5.